The van der Waals surface area contributed by atoms with Gasteiger partial charge in [0.05, 0.1) is 0 Å². The Kier molecular flexibility index (Phi) is 5.17. The van der Waals surface area contributed by atoms with Crippen LogP contribution in [0, 0.1) is 11.8 Å². The lowest BCUT2D eigenvalue weighted by atomic mass is 9.97. The lowest BCUT2D eigenvalue weighted by Crippen LogP contribution is -2.47. The van der Waals surface area contributed by atoms with Gasteiger partial charge in [-0.2, -0.15) is 0 Å². The van der Waals surface area contributed by atoms with Gasteiger partial charge in [-0.1, -0.05) is 39.2 Å². The van der Waals surface area contributed by atoms with Crippen LogP contribution in [0.2, 0.25) is 0 Å². The number of carbonyl (C=O) groups excluding carboxylic acids is 1. The van der Waals surface area contributed by atoms with Gasteiger partial charge >= 0.3 is 0 Å². The molecule has 0 radical (unpaired) electrons. The lowest BCUT2D eigenvalue weighted by Gasteiger charge is -2.32. The third-order valence-corrected chi connectivity index (χ3v) is 4.14. The van der Waals surface area contributed by atoms with E-state index >= 15 is 0 Å². The van der Waals surface area contributed by atoms with Crippen molar-refractivity contribution in [2.45, 2.75) is 39.5 Å². The van der Waals surface area contributed by atoms with Crippen molar-refractivity contribution < 1.29 is 4.79 Å². The highest BCUT2D eigenvalue weighted by Crippen LogP contribution is 2.22. The molecule has 108 valence electrons. The molecule has 4 nitrogen and oxygen atoms in total. The largest absolute Gasteiger partial charge is 0.286 e. The van der Waals surface area contributed by atoms with Gasteiger partial charge in [-0.15, -0.1) is 0 Å². The van der Waals surface area contributed by atoms with E-state index in [1.165, 1.54) is 12.8 Å². The second-order valence-corrected chi connectivity index (χ2v) is 5.62. The highest BCUT2D eigenvalue weighted by atomic mass is 32.1. The van der Waals surface area contributed by atoms with Crippen molar-refractivity contribution in [3.8, 4) is 0 Å². The molecule has 0 aromatic rings. The molecule has 2 atom stereocenters. The maximum Gasteiger partial charge on any atom is 0.243 e. The molecule has 0 bridgehead atoms. The number of aliphatic imine (C=N–C) groups is 2. The molecule has 0 aliphatic carbocycles. The molecule has 0 N–H and O–H groups in total. The second-order valence-electron chi connectivity index (χ2n) is 5.26. The molecular weight excluding hydrogens is 270 g/mol. The zero-order chi connectivity index (χ0) is 14.5. The van der Waals surface area contributed by atoms with Crippen LogP contribution in [0.5, 0.6) is 0 Å². The van der Waals surface area contributed by atoms with Gasteiger partial charge in [-0.25, -0.2) is 9.98 Å². The normalized spacial score (nSPS) is 22.8. The van der Waals surface area contributed by atoms with E-state index in [4.69, 9.17) is 12.2 Å². The van der Waals surface area contributed by atoms with E-state index in [0.717, 1.165) is 12.8 Å². The molecule has 0 fully saturated rings. The van der Waals surface area contributed by atoms with Crippen LogP contribution in [0.3, 0.4) is 0 Å². The van der Waals surface area contributed by atoms with Gasteiger partial charge in [-0.3, -0.25) is 9.69 Å². The molecule has 0 saturated heterocycles. The van der Waals surface area contributed by atoms with Crippen LogP contribution in [0.15, 0.2) is 22.1 Å². The van der Waals surface area contributed by atoms with Crippen molar-refractivity contribution in [2.24, 2.45) is 21.8 Å². The number of rotatable bonds is 6. The van der Waals surface area contributed by atoms with Crippen molar-refractivity contribution in [3.05, 3.63) is 12.2 Å². The molecule has 2 aliphatic heterocycles. The minimum atomic E-state index is -0.351. The number of dihydropyridines is 1. The van der Waals surface area contributed by atoms with E-state index < -0.39 is 0 Å². The summed E-state index contributed by atoms with van der Waals surface area (Å²) in [5.74, 6) is 0.684. The molecule has 0 aromatic heterocycles. The first-order chi connectivity index (χ1) is 9.67. The molecule has 0 aromatic carbocycles. The average Bonchev–Trinajstić information content (AvgIpc) is 2.46. The fourth-order valence-electron chi connectivity index (χ4n) is 2.50. The predicted octanol–water partition coefficient (Wildman–Crippen LogP) is 2.99. The second kappa shape index (κ2) is 6.88. The Bertz CT molecular complexity index is 482. The van der Waals surface area contributed by atoms with Gasteiger partial charge < -0.3 is 0 Å². The fraction of sp³-hybridized carbons (Fsp3) is 0.600. The summed E-state index contributed by atoms with van der Waals surface area (Å²) in [6.45, 7) is 5.03. The number of amides is 1. The van der Waals surface area contributed by atoms with E-state index in [2.05, 4.69) is 23.8 Å². The summed E-state index contributed by atoms with van der Waals surface area (Å²) in [7, 11) is 0. The highest BCUT2D eigenvalue weighted by Gasteiger charge is 2.35. The first-order valence-corrected chi connectivity index (χ1v) is 7.73. The first kappa shape index (κ1) is 15.0. The number of amidine groups is 1. The molecule has 2 heterocycles. The van der Waals surface area contributed by atoms with Crippen LogP contribution in [-0.2, 0) is 4.79 Å². The SMILES string of the molecule is CCCCC(CC)CN1C(=O)C2C=CC=NC2=NC1=S. The number of unbranched alkanes of at least 4 members (excludes halogenated alkanes) is 1. The minimum absolute atomic E-state index is 0.0167. The number of hydrogen-bond donors (Lipinski definition) is 0. The maximum atomic E-state index is 12.5. The van der Waals surface area contributed by atoms with E-state index in [1.54, 1.807) is 17.2 Å². The van der Waals surface area contributed by atoms with Crippen molar-refractivity contribution >= 4 is 35.3 Å². The van der Waals surface area contributed by atoms with Gasteiger partial charge in [0, 0.05) is 12.8 Å². The van der Waals surface area contributed by atoms with Crippen LogP contribution in [-0.4, -0.2) is 34.5 Å². The topological polar surface area (TPSA) is 45.0 Å². The summed E-state index contributed by atoms with van der Waals surface area (Å²) in [4.78, 5) is 22.6. The molecule has 2 aliphatic rings. The van der Waals surface area contributed by atoms with Crippen LogP contribution in [0.4, 0.5) is 0 Å². The van der Waals surface area contributed by atoms with Crippen LogP contribution < -0.4 is 0 Å². The fourth-order valence-corrected chi connectivity index (χ4v) is 2.76. The maximum absolute atomic E-state index is 12.5. The number of allylic oxidation sites excluding steroid dienone is 1. The van der Waals surface area contributed by atoms with Gasteiger partial charge in [0.2, 0.25) is 11.0 Å². The summed E-state index contributed by atoms with van der Waals surface area (Å²) in [5, 5.41) is 0.364. The molecule has 2 unspecified atom stereocenters. The van der Waals surface area contributed by atoms with Gasteiger partial charge in [-0.05, 0) is 30.6 Å². The van der Waals surface area contributed by atoms with Gasteiger partial charge in [0.25, 0.3) is 0 Å². The predicted molar refractivity (Wildman–Crippen MR) is 86.2 cm³/mol. The molecule has 0 saturated carbocycles. The van der Waals surface area contributed by atoms with Crippen molar-refractivity contribution in [2.75, 3.05) is 6.54 Å². The number of thiocarbonyl (C=S) groups is 1. The summed E-state index contributed by atoms with van der Waals surface area (Å²) >= 11 is 5.27. The Labute approximate surface area is 125 Å². The zero-order valence-corrected chi connectivity index (χ0v) is 12.9. The number of fused-ring (bicyclic) bond motifs is 1. The van der Waals surface area contributed by atoms with Gasteiger partial charge in [0.1, 0.15) is 11.8 Å². The van der Waals surface area contributed by atoms with Crippen LogP contribution in [0.25, 0.3) is 0 Å². The number of nitrogens with zero attached hydrogens (tertiary/aromatic N) is 3. The first-order valence-electron chi connectivity index (χ1n) is 7.32. The van der Waals surface area contributed by atoms with E-state index in [9.17, 15) is 4.79 Å². The minimum Gasteiger partial charge on any atom is -0.286 e. The lowest BCUT2D eigenvalue weighted by molar-refractivity contribution is -0.129. The van der Waals surface area contributed by atoms with Crippen molar-refractivity contribution in [3.63, 3.8) is 0 Å². The van der Waals surface area contributed by atoms with Crippen LogP contribution in [0.1, 0.15) is 39.5 Å². The summed E-state index contributed by atoms with van der Waals surface area (Å²) in [6.07, 6.45) is 9.85. The Morgan fingerprint density at radius 2 is 2.25 bits per heavy atom. The summed E-state index contributed by atoms with van der Waals surface area (Å²) in [5.41, 5.74) is 0. The quantitative estimate of drug-likeness (QED) is 0.706. The zero-order valence-electron chi connectivity index (χ0n) is 12.1. The standard InChI is InChI=1S/C15H21N3OS/c1-3-5-7-11(4-2)10-18-14(19)12-8-6-9-16-13(12)17-15(18)20/h6,8-9,11-12H,3-5,7,10H2,1-2H3. The number of carbonyl (C=O) groups is 1. The summed E-state index contributed by atoms with van der Waals surface area (Å²) < 4.78 is 0. The van der Waals surface area contributed by atoms with Crippen molar-refractivity contribution in [1.82, 2.24) is 4.90 Å². The number of hydrogen-bond acceptors (Lipinski definition) is 3. The van der Waals surface area contributed by atoms with Crippen molar-refractivity contribution in [1.29, 1.82) is 0 Å². The van der Waals surface area contributed by atoms with E-state index in [0.29, 0.717) is 23.4 Å². The molecular formula is C15H21N3OS. The third-order valence-electron chi connectivity index (χ3n) is 3.83. The van der Waals surface area contributed by atoms with Gasteiger partial charge in [0.15, 0.2) is 0 Å². The molecule has 1 amide bonds. The van der Waals surface area contributed by atoms with E-state index in [-0.39, 0.29) is 11.8 Å². The summed E-state index contributed by atoms with van der Waals surface area (Å²) in [6, 6.07) is 0. The smallest absolute Gasteiger partial charge is 0.243 e. The Morgan fingerprint density at radius 1 is 1.45 bits per heavy atom. The molecule has 20 heavy (non-hydrogen) atoms. The molecule has 5 heteroatoms. The Hall–Kier alpha value is -1.36. The highest BCUT2D eigenvalue weighted by molar-refractivity contribution is 7.80. The molecule has 2 rings (SSSR count). The Balaban J connectivity index is 2.10. The average molecular weight is 291 g/mol. The Morgan fingerprint density at radius 3 is 2.95 bits per heavy atom. The van der Waals surface area contributed by atoms with E-state index in [1.807, 2.05) is 6.08 Å². The third kappa shape index (κ3) is 3.20. The monoisotopic (exact) mass is 291 g/mol. The van der Waals surface area contributed by atoms with Crippen LogP contribution >= 0.6 is 12.2 Å². The molecule has 0 spiro atoms.